The van der Waals surface area contributed by atoms with Crippen LogP contribution < -0.4 is 11.5 Å². The predicted octanol–water partition coefficient (Wildman–Crippen LogP) is 14.2. The maximum absolute atomic E-state index is 10.7. The van der Waals surface area contributed by atoms with E-state index in [1.54, 1.807) is 60.1 Å². The summed E-state index contributed by atoms with van der Waals surface area (Å²) in [6.45, 7) is 8.80. The van der Waals surface area contributed by atoms with E-state index < -0.39 is 4.92 Å². The molecule has 0 saturated heterocycles. The number of nitrogens with zero attached hydrogens (tertiary/aromatic N) is 10. The molecule has 25 heteroatoms. The van der Waals surface area contributed by atoms with Crippen LogP contribution in [-0.2, 0) is 19.6 Å². The topological polar surface area (TPSA) is 238 Å². The maximum atomic E-state index is 10.7. The number of rotatable bonds is 16. The van der Waals surface area contributed by atoms with Gasteiger partial charge in [-0.05, 0) is 165 Å². The second-order valence-corrected chi connectivity index (χ2v) is 22.9. The van der Waals surface area contributed by atoms with E-state index in [1.807, 2.05) is 117 Å². The summed E-state index contributed by atoms with van der Waals surface area (Å²) < 4.78 is 6.64. The number of aliphatic imine (C=N–C) groups is 1. The normalized spacial score (nSPS) is 10.6. The van der Waals surface area contributed by atoms with Crippen LogP contribution in [-0.4, -0.2) is 165 Å². The van der Waals surface area contributed by atoms with Crippen LogP contribution in [0.15, 0.2) is 162 Å². The van der Waals surface area contributed by atoms with Crippen LogP contribution >= 0.6 is 82.4 Å². The van der Waals surface area contributed by atoms with Gasteiger partial charge in [0, 0.05) is 157 Å². The number of aromatic nitrogens is 4. The fourth-order valence-corrected chi connectivity index (χ4v) is 9.93. The molecule has 10 rings (SSSR count). The number of halogens is 3. The highest BCUT2D eigenvalue weighted by atomic mass is 127. The van der Waals surface area contributed by atoms with Gasteiger partial charge in [0.15, 0.2) is 0 Å². The van der Waals surface area contributed by atoms with Gasteiger partial charge in [0.05, 0.1) is 25.3 Å². The lowest BCUT2D eigenvalue weighted by Gasteiger charge is -2.11. The molecule has 0 saturated carbocycles. The molecule has 0 fully saturated rings. The van der Waals surface area contributed by atoms with E-state index in [9.17, 15) is 20.2 Å². The zero-order chi connectivity index (χ0) is 61.7. The van der Waals surface area contributed by atoms with Crippen molar-refractivity contribution < 1.29 is 15.0 Å². The first-order valence-electron chi connectivity index (χ1n) is 26.9. The lowest BCUT2D eigenvalue weighted by Crippen LogP contribution is -2.17. The quantitative estimate of drug-likeness (QED) is 0.0115. The summed E-state index contributed by atoms with van der Waals surface area (Å²) in [6.07, 6.45) is 9.90. The zero-order valence-corrected chi connectivity index (χ0v) is 56.9. The molecular weight excluding hydrogens is 1310 g/mol. The number of thiophene rings is 2. The molecule has 19 nitrogen and oxygen atoms in total. The van der Waals surface area contributed by atoms with Gasteiger partial charge >= 0.3 is 0 Å². The minimum atomic E-state index is -0.396. The van der Waals surface area contributed by atoms with Gasteiger partial charge in [0.2, 0.25) is 0 Å². The number of aliphatic hydroxyl groups is 1. The molecule has 0 bridgehead atoms. The van der Waals surface area contributed by atoms with E-state index in [2.05, 4.69) is 109 Å². The van der Waals surface area contributed by atoms with Gasteiger partial charge < -0.3 is 54.9 Å². The molecule has 0 spiro atoms. The molecule has 0 amide bonds. The number of nitro benzene ring substituents is 2. The fourth-order valence-electron chi connectivity index (χ4n) is 7.74. The number of alkyl halides is 1. The summed E-state index contributed by atoms with van der Waals surface area (Å²) in [6, 6.07) is 37.8. The number of H-pyrrole nitrogens is 1. The Morgan fingerprint density at radius 1 is 0.655 bits per heavy atom. The molecule has 0 atom stereocenters. The molecule has 87 heavy (non-hydrogen) atoms. The Bertz CT molecular complexity index is 3580. The minimum absolute atomic E-state index is 0. The van der Waals surface area contributed by atoms with Gasteiger partial charge in [-0.3, -0.25) is 25.6 Å². The van der Waals surface area contributed by atoms with Crippen LogP contribution in [0.3, 0.4) is 0 Å². The number of benzene rings is 4. The third-order valence-corrected chi connectivity index (χ3v) is 14.8. The molecule has 10 aromatic rings. The molecule has 4 aromatic carbocycles. The average molecular weight is 1400 g/mol. The van der Waals surface area contributed by atoms with Crippen LogP contribution in [0.2, 0.25) is 0 Å². The Morgan fingerprint density at radius 3 is 1.51 bits per heavy atom. The smallest absolute Gasteiger partial charge is 0.270 e. The number of nitro groups is 2. The third kappa shape index (κ3) is 27.3. The van der Waals surface area contributed by atoms with Gasteiger partial charge in [-0.1, -0.05) is 19.6 Å². The second-order valence-electron chi connectivity index (χ2n) is 19.8. The Kier molecular flexibility index (Phi) is 37.7. The van der Waals surface area contributed by atoms with Crippen molar-refractivity contribution in [3.8, 4) is 0 Å². The van der Waals surface area contributed by atoms with Crippen molar-refractivity contribution >= 4 is 160 Å². The molecule has 474 valence electrons. The van der Waals surface area contributed by atoms with Gasteiger partial charge in [-0.15, -0.1) is 82.4 Å². The van der Waals surface area contributed by atoms with E-state index in [4.69, 9.17) is 33.6 Å². The molecular formula is C62H87Cl2IN14O5S3. The lowest BCUT2D eigenvalue weighted by molar-refractivity contribution is -0.384. The second kappa shape index (κ2) is 41.7. The van der Waals surface area contributed by atoms with Gasteiger partial charge in [-0.2, -0.15) is 0 Å². The SMILES string of the molecule is C.CCO.CN(C)CCCl.CN(C)CCn1ccc2cc(N)ccc21.CN(C)CCn1ccc2cc(N=C(N)c3cccs3)ccc21.CN(C)CCn1ccc2cc([N+](=O)[O-])ccc21.CSC(=N)c1cccs1.Cl.I.O=[N+]([O-])c1ccc2[nH]ccc2c1. The van der Waals surface area contributed by atoms with Gasteiger partial charge in [-0.25, -0.2) is 4.99 Å². The molecule has 6 aromatic heterocycles. The number of nitrogens with one attached hydrogen (secondary N) is 2. The zero-order valence-electron chi connectivity index (χ0n) is 50.5. The lowest BCUT2D eigenvalue weighted by atomic mass is 10.2. The van der Waals surface area contributed by atoms with Crippen molar-refractivity contribution in [1.29, 1.82) is 5.41 Å². The minimum Gasteiger partial charge on any atom is -0.399 e. The number of anilines is 1. The molecule has 6 heterocycles. The largest absolute Gasteiger partial charge is 0.399 e. The van der Waals surface area contributed by atoms with Crippen LogP contribution in [0, 0.1) is 25.6 Å². The fraction of sp³-hybridized carbons (Fsp3) is 0.323. The van der Waals surface area contributed by atoms with Gasteiger partial charge in [0.1, 0.15) is 10.9 Å². The van der Waals surface area contributed by atoms with Crippen LogP contribution in [0.4, 0.5) is 22.7 Å². The van der Waals surface area contributed by atoms with E-state index in [1.165, 1.54) is 39.6 Å². The summed E-state index contributed by atoms with van der Waals surface area (Å²) in [7, 11) is 16.4. The maximum Gasteiger partial charge on any atom is 0.270 e. The molecule has 7 N–H and O–H groups in total. The van der Waals surface area contributed by atoms with Gasteiger partial charge in [0.25, 0.3) is 11.4 Å². The third-order valence-electron chi connectivity index (χ3n) is 12.1. The number of amidine groups is 1. The molecule has 0 aliphatic heterocycles. The summed E-state index contributed by atoms with van der Waals surface area (Å²) >= 11 is 10.0. The number of hydrogen-bond donors (Lipinski definition) is 5. The number of non-ortho nitro benzene ring substituents is 2. The van der Waals surface area contributed by atoms with Crippen molar-refractivity contribution in [2.45, 2.75) is 34.0 Å². The number of thioether (sulfide) groups is 1. The van der Waals surface area contributed by atoms with E-state index in [0.29, 0.717) is 10.9 Å². The van der Waals surface area contributed by atoms with Crippen LogP contribution in [0.5, 0.6) is 0 Å². The Balaban J connectivity index is 0.000000532. The summed E-state index contributed by atoms with van der Waals surface area (Å²) in [4.78, 5) is 38.3. The first-order valence-corrected chi connectivity index (χ1v) is 30.4. The summed E-state index contributed by atoms with van der Waals surface area (Å²) in [5, 5.41) is 44.8. The number of fused-ring (bicyclic) bond motifs is 4. The van der Waals surface area contributed by atoms with Crippen LogP contribution in [0.25, 0.3) is 43.6 Å². The summed E-state index contributed by atoms with van der Waals surface area (Å²) in [5.74, 6) is 1.30. The first-order chi connectivity index (χ1) is 40.2. The Hall–Kier alpha value is -6.36. The number of likely N-dealkylation sites (N-methyl/N-ethyl adjacent to an activating group) is 3. The number of nitrogen functional groups attached to an aromatic ring is 1. The Labute approximate surface area is 552 Å². The number of aromatic amines is 1. The highest BCUT2D eigenvalue weighted by Gasteiger charge is 2.10. The number of aliphatic hydroxyl groups excluding tert-OH is 1. The van der Waals surface area contributed by atoms with Crippen molar-refractivity contribution in [2.24, 2.45) is 10.7 Å². The summed E-state index contributed by atoms with van der Waals surface area (Å²) in [5.41, 5.74) is 18.2. The number of nitrogens with two attached hydrogens (primary N) is 2. The highest BCUT2D eigenvalue weighted by Crippen LogP contribution is 2.25. The van der Waals surface area contributed by atoms with Crippen molar-refractivity contribution in [3.05, 3.63) is 187 Å². The average Bonchev–Trinajstić information content (AvgIpc) is 2.32. The molecule has 0 aliphatic carbocycles. The van der Waals surface area contributed by atoms with Crippen molar-refractivity contribution in [3.63, 3.8) is 0 Å². The molecule has 0 aliphatic rings. The first kappa shape index (κ1) is 78.7. The predicted molar refractivity (Wildman–Crippen MR) is 388 cm³/mol. The van der Waals surface area contributed by atoms with E-state index in [-0.39, 0.29) is 66.7 Å². The molecule has 0 unspecified atom stereocenters. The number of hydrogen-bond acceptors (Lipinski definition) is 15. The van der Waals surface area contributed by atoms with Crippen molar-refractivity contribution in [1.82, 2.24) is 38.3 Å². The van der Waals surface area contributed by atoms with Crippen molar-refractivity contribution in [2.75, 3.05) is 107 Å². The van der Waals surface area contributed by atoms with E-state index >= 15 is 0 Å². The Morgan fingerprint density at radius 2 is 1.08 bits per heavy atom. The molecule has 0 radical (unpaired) electrons. The van der Waals surface area contributed by atoms with Crippen LogP contribution in [0.1, 0.15) is 24.1 Å². The standard InChI is InChI=1S/C17H20N4S.C12H15N3O2.C12H17N3.C8H6N2O2.C6H7NS2.C4H10ClN.C2H6O.CH4.ClH.HI/c1-20(2)9-10-21-8-7-13-12-14(5-6-15(13)21)19-17(18)16-4-3-11-22-16;1-13(2)7-8-14-6-5-10-9-11(15(16)17)3-4-12(10)14;1-14(2)7-8-15-6-5-10-9-11(13)3-4-12(10)15;11-10(12)7-1-2-8-6(5-7)3-4-9-8;1-8-6(7)5-3-2-4-9-5;1-6(2)4-3-5;1-2-3;;;/h3-8,11-12H,9-10H2,1-2H3,(H2,18,19);3-6,9H,7-8H2,1-2H3;3-6,9H,7-8,13H2,1-2H3;1-5,9H;2-4,7H,1H3;3-4H2,1-2H3;3H,2H2,1H3;1H4;2*1H. The highest BCUT2D eigenvalue weighted by molar-refractivity contribution is 14.0. The van der Waals surface area contributed by atoms with E-state index in [0.717, 1.165) is 94.6 Å². The monoisotopic (exact) mass is 1400 g/mol.